The number of nitrogens with two attached hydrogens (primary N) is 1. The van der Waals surface area contributed by atoms with E-state index in [9.17, 15) is 14.7 Å². The summed E-state index contributed by atoms with van der Waals surface area (Å²) in [5, 5.41) is 20.3. The van der Waals surface area contributed by atoms with E-state index in [0.717, 1.165) is 41.8 Å². The van der Waals surface area contributed by atoms with Crippen molar-refractivity contribution in [2.45, 2.75) is 83.5 Å². The van der Waals surface area contributed by atoms with Gasteiger partial charge in [-0.2, -0.15) is 0 Å². The Bertz CT molecular complexity index is 1280. The molecule has 9 nitrogen and oxygen atoms in total. The van der Waals surface area contributed by atoms with Crippen LogP contribution in [0.25, 0.3) is 0 Å². The molecule has 4 atom stereocenters. The first-order chi connectivity index (χ1) is 20.0. The molecule has 0 aromatic heterocycles. The SMILES string of the molecule is C=C(C(=O)NC)/C(C)=C\C=C/C.C=C1NCC([NH+]=C(N)CC)C2(C)C(O)C(NC(=O)c3cccc4c3CCCC4)CN12. The van der Waals surface area contributed by atoms with E-state index in [1.807, 2.05) is 58.1 Å². The molecule has 2 fully saturated rings. The highest BCUT2D eigenvalue weighted by atomic mass is 16.3. The number of hydrogen-bond donors (Lipinski definition) is 6. The largest absolute Gasteiger partial charge is 0.388 e. The normalized spacial score (nSPS) is 25.5. The highest BCUT2D eigenvalue weighted by molar-refractivity contribution is 5.97. The van der Waals surface area contributed by atoms with Gasteiger partial charge in [-0.15, -0.1) is 0 Å². The number of likely N-dealkylation sites (N-methyl/N-ethyl adjacent to an activating group) is 1. The lowest BCUT2D eigenvalue weighted by atomic mass is 9.84. The van der Waals surface area contributed by atoms with E-state index < -0.39 is 17.7 Å². The molecule has 0 spiro atoms. The first kappa shape index (κ1) is 32.7. The van der Waals surface area contributed by atoms with Gasteiger partial charge >= 0.3 is 0 Å². The van der Waals surface area contributed by atoms with Gasteiger partial charge in [0.1, 0.15) is 17.7 Å². The molecule has 2 aliphatic heterocycles. The third kappa shape index (κ3) is 6.95. The number of aliphatic hydroxyl groups is 1. The second-order valence-corrected chi connectivity index (χ2v) is 11.3. The summed E-state index contributed by atoms with van der Waals surface area (Å²) in [4.78, 5) is 29.7. The lowest BCUT2D eigenvalue weighted by molar-refractivity contribution is -0.525. The number of aliphatic hydroxyl groups excluding tert-OH is 1. The molecular weight excluding hydrogens is 528 g/mol. The van der Waals surface area contributed by atoms with Crippen LogP contribution in [0, 0.1) is 0 Å². The Hall–Kier alpha value is -3.85. The number of nitrogens with one attached hydrogen (secondary N) is 4. The van der Waals surface area contributed by atoms with Crippen LogP contribution >= 0.6 is 0 Å². The smallest absolute Gasteiger partial charge is 0.251 e. The summed E-state index contributed by atoms with van der Waals surface area (Å²) >= 11 is 0. The molecule has 7 N–H and O–H groups in total. The Kier molecular flexibility index (Phi) is 11.2. The van der Waals surface area contributed by atoms with E-state index in [1.54, 1.807) is 7.05 Å². The molecule has 9 heteroatoms. The van der Waals surface area contributed by atoms with Crippen molar-refractivity contribution in [1.29, 1.82) is 0 Å². The van der Waals surface area contributed by atoms with Crippen molar-refractivity contribution in [2.24, 2.45) is 5.73 Å². The van der Waals surface area contributed by atoms with E-state index in [4.69, 9.17) is 5.73 Å². The summed E-state index contributed by atoms with van der Waals surface area (Å²) in [6.45, 7) is 16.7. The average molecular weight is 578 g/mol. The molecule has 4 rings (SSSR count). The molecule has 0 radical (unpaired) electrons. The molecule has 0 saturated carbocycles. The number of carbonyl (C=O) groups is 2. The molecule has 1 aromatic rings. The lowest BCUT2D eigenvalue weighted by Crippen LogP contribution is -2.92. The van der Waals surface area contributed by atoms with Crippen molar-refractivity contribution in [3.8, 4) is 0 Å². The van der Waals surface area contributed by atoms with Crippen LogP contribution < -0.4 is 26.7 Å². The topological polar surface area (TPSA) is 134 Å². The summed E-state index contributed by atoms with van der Waals surface area (Å²) in [5.41, 5.74) is 10.0. The zero-order chi connectivity index (χ0) is 31.0. The second-order valence-electron chi connectivity index (χ2n) is 11.3. The Morgan fingerprint density at radius 3 is 2.69 bits per heavy atom. The van der Waals surface area contributed by atoms with Crippen LogP contribution in [0.1, 0.15) is 68.4 Å². The fourth-order valence-corrected chi connectivity index (χ4v) is 5.94. The van der Waals surface area contributed by atoms with Crippen molar-refractivity contribution >= 4 is 17.6 Å². The third-order valence-electron chi connectivity index (χ3n) is 8.70. The zero-order valence-corrected chi connectivity index (χ0v) is 25.8. The van der Waals surface area contributed by atoms with Gasteiger partial charge in [0.2, 0.25) is 5.84 Å². The number of allylic oxidation sites excluding steroid dienone is 3. The average Bonchev–Trinajstić information content (AvgIpc) is 3.27. The Morgan fingerprint density at radius 1 is 1.31 bits per heavy atom. The summed E-state index contributed by atoms with van der Waals surface area (Å²) in [6.07, 6.45) is 9.85. The van der Waals surface area contributed by atoms with Crippen LogP contribution in [0.4, 0.5) is 0 Å². The quantitative estimate of drug-likeness (QED) is 0.125. The molecule has 2 saturated heterocycles. The molecule has 1 aromatic carbocycles. The number of amides is 2. The van der Waals surface area contributed by atoms with Crippen molar-refractivity contribution in [2.75, 3.05) is 20.1 Å². The van der Waals surface area contributed by atoms with Gasteiger partial charge < -0.3 is 26.0 Å². The first-order valence-electron chi connectivity index (χ1n) is 14.9. The minimum Gasteiger partial charge on any atom is -0.388 e. The minimum absolute atomic E-state index is 0.107. The fourth-order valence-electron chi connectivity index (χ4n) is 5.94. The third-order valence-corrected chi connectivity index (χ3v) is 8.70. The Morgan fingerprint density at radius 2 is 2.02 bits per heavy atom. The Balaban J connectivity index is 0.000000343. The maximum Gasteiger partial charge on any atom is 0.251 e. The predicted octanol–water partition coefficient (Wildman–Crippen LogP) is 1.20. The molecule has 42 heavy (non-hydrogen) atoms. The van der Waals surface area contributed by atoms with Gasteiger partial charge in [0.15, 0.2) is 0 Å². The number of rotatable bonds is 7. The van der Waals surface area contributed by atoms with Crippen molar-refractivity contribution in [1.82, 2.24) is 20.9 Å². The number of benzene rings is 1. The zero-order valence-electron chi connectivity index (χ0n) is 25.8. The highest BCUT2D eigenvalue weighted by Gasteiger charge is 2.58. The first-order valence-corrected chi connectivity index (χ1v) is 14.9. The van der Waals surface area contributed by atoms with Gasteiger partial charge in [0.05, 0.1) is 18.4 Å². The van der Waals surface area contributed by atoms with Crippen molar-refractivity contribution in [3.05, 3.63) is 83.2 Å². The van der Waals surface area contributed by atoms with Gasteiger partial charge in [0, 0.05) is 31.1 Å². The standard InChI is InChI=1S/C23H33N5O2.C10H15NO/c1-4-20(24)27-19-12-25-14(2)28-13-18(21(29)23(19,28)3)26-22(30)17-11-7-9-15-8-5-6-10-16(15)17;1-5-6-7-8(2)9(3)10(12)11-4/h7,9,11,18-19,21,25,29H,2,4-6,8,10,12-13H2,1,3H3,(H2,24,27)(H,26,30);5-7H,3H2,1-2,4H3,(H,11,12)/p+1/b;6-5-,8-7-. The molecular formula is C33H49N6O3+. The van der Waals surface area contributed by atoms with E-state index in [2.05, 4.69) is 45.1 Å². The highest BCUT2D eigenvalue weighted by Crippen LogP contribution is 2.36. The monoisotopic (exact) mass is 577 g/mol. The lowest BCUT2D eigenvalue weighted by Gasteiger charge is -2.46. The molecule has 3 aliphatic rings. The minimum atomic E-state index is -0.762. The Labute approximate surface area is 250 Å². The van der Waals surface area contributed by atoms with E-state index in [-0.39, 0.29) is 17.9 Å². The number of amidine groups is 1. The van der Waals surface area contributed by atoms with Crippen LogP contribution in [-0.4, -0.2) is 71.5 Å². The molecule has 4 unspecified atom stereocenters. The molecule has 1 aliphatic carbocycles. The maximum atomic E-state index is 13.2. The van der Waals surface area contributed by atoms with E-state index in [0.29, 0.717) is 30.9 Å². The van der Waals surface area contributed by atoms with Crippen LogP contribution in [-0.2, 0) is 17.6 Å². The molecule has 2 heterocycles. The van der Waals surface area contributed by atoms with E-state index in [1.165, 1.54) is 12.0 Å². The van der Waals surface area contributed by atoms with Crippen LogP contribution in [0.3, 0.4) is 0 Å². The van der Waals surface area contributed by atoms with Gasteiger partial charge in [-0.3, -0.25) is 20.3 Å². The van der Waals surface area contributed by atoms with Crippen molar-refractivity contribution in [3.63, 3.8) is 0 Å². The maximum absolute atomic E-state index is 13.2. The van der Waals surface area contributed by atoms with Crippen LogP contribution in [0.2, 0.25) is 0 Å². The number of nitrogens with zero attached hydrogens (tertiary/aromatic N) is 1. The summed E-state index contributed by atoms with van der Waals surface area (Å²) < 4.78 is 0. The predicted molar refractivity (Wildman–Crippen MR) is 169 cm³/mol. The summed E-state index contributed by atoms with van der Waals surface area (Å²) in [6, 6.07) is 5.48. The van der Waals surface area contributed by atoms with Gasteiger partial charge in [-0.1, -0.05) is 50.4 Å². The molecule has 228 valence electrons. The van der Waals surface area contributed by atoms with Crippen molar-refractivity contribution < 1.29 is 19.7 Å². The molecule has 2 amide bonds. The van der Waals surface area contributed by atoms with E-state index >= 15 is 0 Å². The van der Waals surface area contributed by atoms with Crippen LogP contribution in [0.5, 0.6) is 0 Å². The fraction of sp³-hybridized carbons (Fsp3) is 0.485. The summed E-state index contributed by atoms with van der Waals surface area (Å²) in [5.74, 6) is 1.21. The number of hydrogen-bond acceptors (Lipinski definition) is 5. The number of aryl methyl sites for hydroxylation is 1. The van der Waals surface area contributed by atoms with Gasteiger partial charge in [0.25, 0.3) is 11.8 Å². The van der Waals surface area contributed by atoms with Crippen LogP contribution in [0.15, 0.2) is 66.6 Å². The van der Waals surface area contributed by atoms with Gasteiger partial charge in [-0.25, -0.2) is 0 Å². The van der Waals surface area contributed by atoms with Gasteiger partial charge in [-0.05, 0) is 69.2 Å². The second kappa shape index (κ2) is 14.4. The molecule has 0 bridgehead atoms. The summed E-state index contributed by atoms with van der Waals surface area (Å²) in [7, 11) is 1.59. The number of carbonyl (C=O) groups excluding carboxylic acids is 2. The number of fused-ring (bicyclic) bond motifs is 2.